The summed E-state index contributed by atoms with van der Waals surface area (Å²) >= 11 is 3.00. The summed E-state index contributed by atoms with van der Waals surface area (Å²) < 4.78 is 8.88. The summed E-state index contributed by atoms with van der Waals surface area (Å²) in [4.78, 5) is 73.2. The molecule has 2 aliphatic heterocycles. The average molecular weight is 1100 g/mol. The summed E-state index contributed by atoms with van der Waals surface area (Å²) in [7, 11) is 0. The molecule has 79 heavy (non-hydrogen) atoms. The molecule has 4 atom stereocenters. The second-order valence-corrected chi connectivity index (χ2v) is 23.4. The lowest BCUT2D eigenvalue weighted by Gasteiger charge is -2.34. The fourth-order valence-corrected chi connectivity index (χ4v) is 12.4. The Kier molecular flexibility index (Phi) is 16.0. The third-order valence-electron chi connectivity index (χ3n) is 14.9. The molecule has 408 valence electrons. The molecule has 0 radical (unpaired) electrons. The Balaban J connectivity index is 0.728. The molecule has 4 N–H and O–H groups in total. The number of hydrogen-bond acceptors (Lipinski definition) is 14. The number of thiazole rings is 2. The van der Waals surface area contributed by atoms with Crippen LogP contribution in [-0.2, 0) is 29.0 Å². The van der Waals surface area contributed by atoms with Crippen molar-refractivity contribution in [2.75, 3.05) is 29.9 Å². The Bertz CT molecular complexity index is 3520. The van der Waals surface area contributed by atoms with Crippen LogP contribution >= 0.6 is 22.7 Å². The van der Waals surface area contributed by atoms with E-state index in [4.69, 9.17) is 9.72 Å². The first kappa shape index (κ1) is 54.5. The van der Waals surface area contributed by atoms with Gasteiger partial charge in [0.25, 0.3) is 5.91 Å². The monoisotopic (exact) mass is 1100 g/mol. The first-order valence-corrected chi connectivity index (χ1v) is 28.4. The topological polar surface area (TPSA) is 218 Å². The van der Waals surface area contributed by atoms with E-state index in [0.717, 1.165) is 73.6 Å². The number of para-hydroxylation sites is 1. The van der Waals surface area contributed by atoms with Crippen LogP contribution in [0.2, 0.25) is 0 Å². The van der Waals surface area contributed by atoms with Gasteiger partial charge in [0.15, 0.2) is 10.8 Å². The number of pyridine rings is 1. The molecule has 19 heteroatoms. The number of benzene rings is 4. The average Bonchev–Trinajstić information content (AvgIpc) is 4.30. The van der Waals surface area contributed by atoms with Crippen molar-refractivity contribution >= 4 is 67.5 Å². The highest BCUT2D eigenvalue weighted by Crippen LogP contribution is 2.37. The maximum Gasteiger partial charge on any atom is 0.355 e. The lowest BCUT2D eigenvalue weighted by atomic mass is 9.85. The molecule has 0 bridgehead atoms. The number of nitrogens with one attached hydrogen (secondary N) is 2. The number of carboxylic acids is 1. The predicted octanol–water partition coefficient (Wildman–Crippen LogP) is 10.4. The standard InChI is InChI=1S/C60H64N10O7S2/c1-35-43(44-25-26-51(64-52(44)58(75)76)68-28-27-39-14-12-17-45(46(39)33-68)55(72)65-59-63-47-18-9-10-20-50(47)79-59)16-13-19-49(35)77-29-11-7-8-15-41-31-70(67-66-41)54(60(4,5)6)57(74)69-32-42(71)30-48(69)56(73)62-36(2)38-21-23-40(24-22-38)53-37(3)61-34-78-53/h9-10,12-14,16-26,31,34,36,42,48,54,71H,7-8,11,15,27-30,32-33H2,1-6H3,(H,62,73)(H,75,76)(H,63,65,72)/t36?,42-,48+,54?/m1/s1. The van der Waals surface area contributed by atoms with Gasteiger partial charge < -0.3 is 30.1 Å². The zero-order chi connectivity index (χ0) is 55.5. The van der Waals surface area contributed by atoms with Gasteiger partial charge in [-0.2, -0.15) is 0 Å². The fourth-order valence-electron chi connectivity index (χ4n) is 10.7. The molecular weight excluding hydrogens is 1040 g/mol. The van der Waals surface area contributed by atoms with Gasteiger partial charge in [-0.25, -0.2) is 24.4 Å². The third-order valence-corrected chi connectivity index (χ3v) is 16.8. The second kappa shape index (κ2) is 23.2. The Morgan fingerprint density at radius 2 is 1.70 bits per heavy atom. The van der Waals surface area contributed by atoms with Crippen molar-refractivity contribution in [3.8, 4) is 27.3 Å². The van der Waals surface area contributed by atoms with Crippen LogP contribution in [0, 0.1) is 19.3 Å². The van der Waals surface area contributed by atoms with Crippen molar-refractivity contribution in [1.29, 1.82) is 0 Å². The number of carbonyl (C=O) groups excluding carboxylic acids is 3. The van der Waals surface area contributed by atoms with Gasteiger partial charge in [-0.3, -0.25) is 19.7 Å². The van der Waals surface area contributed by atoms with Gasteiger partial charge in [-0.15, -0.1) is 16.4 Å². The van der Waals surface area contributed by atoms with Crippen LogP contribution in [0.25, 0.3) is 31.8 Å². The number of hydrogen-bond donors (Lipinski definition) is 4. The number of aliphatic hydroxyl groups is 1. The minimum absolute atomic E-state index is 0.0381. The van der Waals surface area contributed by atoms with Crippen molar-refractivity contribution in [3.63, 3.8) is 0 Å². The van der Waals surface area contributed by atoms with Crippen LogP contribution < -0.4 is 20.3 Å². The first-order valence-electron chi connectivity index (χ1n) is 26.7. The number of anilines is 2. The van der Waals surface area contributed by atoms with Crippen LogP contribution in [0.1, 0.15) is 120 Å². The number of aryl methyl sites for hydroxylation is 2. The summed E-state index contributed by atoms with van der Waals surface area (Å²) in [6.07, 6.45) is 4.75. The van der Waals surface area contributed by atoms with Gasteiger partial charge in [0.1, 0.15) is 23.7 Å². The summed E-state index contributed by atoms with van der Waals surface area (Å²) in [5.41, 5.74) is 10.1. The van der Waals surface area contributed by atoms with Crippen LogP contribution in [0.5, 0.6) is 5.75 Å². The number of aromatic nitrogens is 6. The molecule has 17 nitrogen and oxygen atoms in total. The van der Waals surface area contributed by atoms with Crippen molar-refractivity contribution in [2.45, 2.75) is 111 Å². The van der Waals surface area contributed by atoms with Crippen molar-refractivity contribution < 1.29 is 34.1 Å². The third kappa shape index (κ3) is 11.9. The van der Waals surface area contributed by atoms with E-state index in [-0.39, 0.29) is 42.4 Å². The molecule has 0 aliphatic carbocycles. The van der Waals surface area contributed by atoms with Gasteiger partial charge in [0, 0.05) is 43.4 Å². The van der Waals surface area contributed by atoms with Gasteiger partial charge in [-0.05, 0) is 128 Å². The number of aromatic carboxylic acids is 1. The molecule has 8 aromatic rings. The summed E-state index contributed by atoms with van der Waals surface area (Å²) in [5.74, 6) is -0.867. The second-order valence-electron chi connectivity index (χ2n) is 21.5. The van der Waals surface area contributed by atoms with E-state index >= 15 is 0 Å². The number of amides is 3. The molecule has 0 saturated carbocycles. The molecule has 1 saturated heterocycles. The normalized spacial score (nSPS) is 16.1. The zero-order valence-electron chi connectivity index (χ0n) is 45.1. The molecule has 2 unspecified atom stereocenters. The number of rotatable bonds is 18. The largest absolute Gasteiger partial charge is 0.493 e. The quantitative estimate of drug-likeness (QED) is 0.0589. The Hall–Kier alpha value is -7.87. The Morgan fingerprint density at radius 3 is 2.46 bits per heavy atom. The van der Waals surface area contributed by atoms with E-state index in [1.807, 2.05) is 149 Å². The predicted molar refractivity (Wildman–Crippen MR) is 307 cm³/mol. The van der Waals surface area contributed by atoms with Gasteiger partial charge >= 0.3 is 5.97 Å². The molecule has 2 aliphatic rings. The number of aliphatic hydroxyl groups excluding tert-OH is 1. The zero-order valence-corrected chi connectivity index (χ0v) is 46.7. The van der Waals surface area contributed by atoms with E-state index in [2.05, 4.69) is 30.9 Å². The van der Waals surface area contributed by atoms with Crippen molar-refractivity contribution in [2.24, 2.45) is 5.41 Å². The molecular formula is C60H64N10O7S2. The van der Waals surface area contributed by atoms with Gasteiger partial charge in [-0.1, -0.05) is 98.0 Å². The maximum atomic E-state index is 14.5. The molecule has 3 amide bonds. The van der Waals surface area contributed by atoms with Crippen LogP contribution in [0.15, 0.2) is 109 Å². The van der Waals surface area contributed by atoms with E-state index in [1.54, 1.807) is 22.1 Å². The minimum Gasteiger partial charge on any atom is -0.493 e. The lowest BCUT2D eigenvalue weighted by molar-refractivity contribution is -0.144. The number of carbonyl (C=O) groups is 4. The smallest absolute Gasteiger partial charge is 0.355 e. The first-order chi connectivity index (χ1) is 38.0. The molecule has 1 fully saturated rings. The highest BCUT2D eigenvalue weighted by atomic mass is 32.1. The van der Waals surface area contributed by atoms with E-state index in [9.17, 15) is 29.4 Å². The Morgan fingerprint density at radius 1 is 0.899 bits per heavy atom. The van der Waals surface area contributed by atoms with Crippen molar-refractivity contribution in [3.05, 3.63) is 154 Å². The molecule has 0 spiro atoms. The number of carboxylic acid groups (broad SMARTS) is 1. The Labute approximate surface area is 466 Å². The lowest BCUT2D eigenvalue weighted by Crippen LogP contribution is -2.50. The van der Waals surface area contributed by atoms with Crippen molar-refractivity contribution in [1.82, 2.24) is 40.2 Å². The molecule has 4 aromatic carbocycles. The van der Waals surface area contributed by atoms with Crippen LogP contribution in [0.4, 0.5) is 10.9 Å². The van der Waals surface area contributed by atoms with Gasteiger partial charge in [0.05, 0.1) is 50.7 Å². The van der Waals surface area contributed by atoms with Gasteiger partial charge in [0.2, 0.25) is 11.8 Å². The van der Waals surface area contributed by atoms with E-state index < -0.39 is 29.6 Å². The molecule has 10 rings (SSSR count). The number of likely N-dealkylation sites (tertiary alicyclic amines) is 1. The molecule has 6 heterocycles. The number of ether oxygens (including phenoxy) is 1. The van der Waals surface area contributed by atoms with Crippen LogP contribution in [0.3, 0.4) is 0 Å². The summed E-state index contributed by atoms with van der Waals surface area (Å²) in [6, 6.07) is 28.8. The molecule has 4 aromatic heterocycles. The SMILES string of the molecule is Cc1ncsc1-c1ccc(C(C)NC(=O)[C@@H]2C[C@@H](O)CN2C(=O)C(n2cc(CCCCCOc3cccc(-c4ccc(N5CCc6cccc(C(=O)Nc7nc8ccccc8s7)c6C5)nc4C(=O)O)c3C)nn2)C(C)(C)C)cc1. The summed E-state index contributed by atoms with van der Waals surface area (Å²) in [6.45, 7) is 13.1. The maximum absolute atomic E-state index is 14.5. The fraction of sp³-hybridized carbons (Fsp3) is 0.350. The minimum atomic E-state index is -1.15. The number of β-amino-alcohol motifs (C(OH)–C–C–N with tert-alkyl or cyclic N) is 1. The van der Waals surface area contributed by atoms with Crippen LogP contribution in [-0.4, -0.2) is 101 Å². The van der Waals surface area contributed by atoms with E-state index in [1.165, 1.54) is 16.2 Å². The summed E-state index contributed by atoms with van der Waals surface area (Å²) in [5, 5.41) is 36.8. The van der Waals surface area contributed by atoms with E-state index in [0.29, 0.717) is 65.9 Å². The number of fused-ring (bicyclic) bond motifs is 2. The number of unbranched alkanes of at least 4 members (excludes halogenated alkanes) is 2. The highest BCUT2D eigenvalue weighted by molar-refractivity contribution is 7.22. The number of nitrogens with zero attached hydrogens (tertiary/aromatic N) is 8. The highest BCUT2D eigenvalue weighted by Gasteiger charge is 2.45.